The van der Waals surface area contributed by atoms with Crippen LogP contribution in [0.3, 0.4) is 0 Å². The van der Waals surface area contributed by atoms with Crippen molar-refractivity contribution in [2.75, 3.05) is 6.54 Å². The van der Waals surface area contributed by atoms with Gasteiger partial charge in [0, 0.05) is 21.9 Å². The van der Waals surface area contributed by atoms with E-state index < -0.39 is 0 Å². The molecule has 1 unspecified atom stereocenters. The first-order valence-corrected chi connectivity index (χ1v) is 8.29. The smallest absolute Gasteiger partial charge is 0.0580 e. The molecule has 0 aliphatic heterocycles. The van der Waals surface area contributed by atoms with Crippen molar-refractivity contribution in [3.05, 3.63) is 51.5 Å². The minimum atomic E-state index is 0.318. The molecule has 0 aliphatic carbocycles. The molecular formula is C17H24N2S. The van der Waals surface area contributed by atoms with Crippen LogP contribution in [0.4, 0.5) is 0 Å². The van der Waals surface area contributed by atoms with Gasteiger partial charge in [0.05, 0.1) is 11.7 Å². The van der Waals surface area contributed by atoms with Gasteiger partial charge in [0.25, 0.3) is 0 Å². The van der Waals surface area contributed by atoms with Crippen LogP contribution in [0.25, 0.3) is 0 Å². The highest BCUT2D eigenvalue weighted by atomic mass is 32.1. The Kier molecular flexibility index (Phi) is 5.74. The predicted octanol–water partition coefficient (Wildman–Crippen LogP) is 4.30. The van der Waals surface area contributed by atoms with Gasteiger partial charge in [0.15, 0.2) is 0 Å². The Balaban J connectivity index is 2.14. The lowest BCUT2D eigenvalue weighted by molar-refractivity contribution is 0.520. The van der Waals surface area contributed by atoms with E-state index in [4.69, 9.17) is 4.98 Å². The van der Waals surface area contributed by atoms with E-state index in [2.05, 4.69) is 56.4 Å². The zero-order chi connectivity index (χ0) is 14.4. The van der Waals surface area contributed by atoms with E-state index >= 15 is 0 Å². The first-order valence-electron chi connectivity index (χ1n) is 7.47. The quantitative estimate of drug-likeness (QED) is 0.821. The number of hydrogen-bond donors (Lipinski definition) is 1. The summed E-state index contributed by atoms with van der Waals surface area (Å²) in [5.41, 5.74) is 2.25. The molecule has 0 spiro atoms. The highest BCUT2D eigenvalue weighted by molar-refractivity contribution is 7.11. The van der Waals surface area contributed by atoms with Crippen molar-refractivity contribution in [1.82, 2.24) is 10.3 Å². The van der Waals surface area contributed by atoms with Gasteiger partial charge in [0.1, 0.15) is 0 Å². The van der Waals surface area contributed by atoms with Crippen molar-refractivity contribution in [3.63, 3.8) is 0 Å². The van der Waals surface area contributed by atoms with E-state index in [0.29, 0.717) is 6.04 Å². The summed E-state index contributed by atoms with van der Waals surface area (Å²) in [6.45, 7) is 7.51. The summed E-state index contributed by atoms with van der Waals surface area (Å²) >= 11 is 1.93. The highest BCUT2D eigenvalue weighted by Crippen LogP contribution is 2.23. The number of nitrogens with one attached hydrogen (secondary N) is 1. The number of nitrogens with zero attached hydrogens (tertiary/aromatic N) is 1. The molecule has 2 aromatic rings. The van der Waals surface area contributed by atoms with E-state index in [9.17, 15) is 0 Å². The van der Waals surface area contributed by atoms with Crippen LogP contribution in [0.2, 0.25) is 0 Å². The Labute approximate surface area is 126 Å². The zero-order valence-corrected chi connectivity index (χ0v) is 13.5. The standard InChI is InChI=1S/C17H24N2S/c1-4-11-18-17(16-8-6-7-13(3)19-16)12-15-10-9-14(5-2)20-15/h6-10,17-18H,4-5,11-12H2,1-3H3. The zero-order valence-electron chi connectivity index (χ0n) is 12.6. The summed E-state index contributed by atoms with van der Waals surface area (Å²) in [6.07, 6.45) is 3.30. The Morgan fingerprint density at radius 1 is 1.15 bits per heavy atom. The third-order valence-corrected chi connectivity index (χ3v) is 4.63. The largest absolute Gasteiger partial charge is 0.308 e. The molecule has 0 aliphatic rings. The van der Waals surface area contributed by atoms with Crippen molar-refractivity contribution < 1.29 is 0 Å². The van der Waals surface area contributed by atoms with E-state index in [1.807, 2.05) is 11.3 Å². The molecule has 2 nitrogen and oxygen atoms in total. The Morgan fingerprint density at radius 3 is 2.60 bits per heavy atom. The van der Waals surface area contributed by atoms with Crippen LogP contribution in [0.15, 0.2) is 30.3 Å². The predicted molar refractivity (Wildman–Crippen MR) is 87.4 cm³/mol. The monoisotopic (exact) mass is 288 g/mol. The average molecular weight is 288 g/mol. The minimum Gasteiger partial charge on any atom is -0.308 e. The molecule has 20 heavy (non-hydrogen) atoms. The maximum Gasteiger partial charge on any atom is 0.0580 e. The van der Waals surface area contributed by atoms with E-state index in [1.165, 1.54) is 9.75 Å². The molecule has 3 heteroatoms. The summed E-state index contributed by atoms with van der Waals surface area (Å²) in [6, 6.07) is 11.1. The van der Waals surface area contributed by atoms with Crippen molar-refractivity contribution in [1.29, 1.82) is 0 Å². The second-order valence-corrected chi connectivity index (χ2v) is 6.39. The van der Waals surface area contributed by atoms with E-state index in [-0.39, 0.29) is 0 Å². The number of hydrogen-bond acceptors (Lipinski definition) is 3. The topological polar surface area (TPSA) is 24.9 Å². The second-order valence-electron chi connectivity index (χ2n) is 5.14. The van der Waals surface area contributed by atoms with Crippen LogP contribution in [0, 0.1) is 6.92 Å². The van der Waals surface area contributed by atoms with Crippen LogP contribution < -0.4 is 5.32 Å². The van der Waals surface area contributed by atoms with Crippen molar-refractivity contribution in [2.45, 2.75) is 46.1 Å². The normalized spacial score (nSPS) is 12.6. The molecule has 1 N–H and O–H groups in total. The molecule has 0 aromatic carbocycles. The van der Waals surface area contributed by atoms with Crippen LogP contribution in [-0.4, -0.2) is 11.5 Å². The lowest BCUT2D eigenvalue weighted by atomic mass is 10.1. The van der Waals surface area contributed by atoms with Gasteiger partial charge < -0.3 is 5.32 Å². The van der Waals surface area contributed by atoms with Crippen LogP contribution >= 0.6 is 11.3 Å². The second kappa shape index (κ2) is 7.55. The first-order chi connectivity index (χ1) is 9.72. The number of aryl methyl sites for hydroxylation is 2. The van der Waals surface area contributed by atoms with Crippen LogP contribution in [0.1, 0.15) is 47.5 Å². The maximum atomic E-state index is 4.69. The number of aromatic nitrogens is 1. The molecule has 2 rings (SSSR count). The van der Waals surface area contributed by atoms with Gasteiger partial charge in [0.2, 0.25) is 0 Å². The summed E-state index contributed by atoms with van der Waals surface area (Å²) in [4.78, 5) is 7.60. The lowest BCUT2D eigenvalue weighted by Crippen LogP contribution is -2.24. The molecule has 0 fully saturated rings. The Morgan fingerprint density at radius 2 is 1.95 bits per heavy atom. The van der Waals surface area contributed by atoms with Gasteiger partial charge in [-0.2, -0.15) is 0 Å². The average Bonchev–Trinajstić information content (AvgIpc) is 2.91. The number of thiophene rings is 1. The van der Waals surface area contributed by atoms with Crippen molar-refractivity contribution in [3.8, 4) is 0 Å². The summed E-state index contributed by atoms with van der Waals surface area (Å²) in [5, 5.41) is 3.63. The van der Waals surface area contributed by atoms with Gasteiger partial charge in [-0.25, -0.2) is 0 Å². The molecule has 2 heterocycles. The third-order valence-electron chi connectivity index (χ3n) is 3.38. The molecule has 0 amide bonds. The van der Waals surface area contributed by atoms with Crippen LogP contribution in [0.5, 0.6) is 0 Å². The molecule has 1 atom stereocenters. The molecule has 108 valence electrons. The van der Waals surface area contributed by atoms with Crippen molar-refractivity contribution in [2.24, 2.45) is 0 Å². The number of rotatable bonds is 7. The minimum absolute atomic E-state index is 0.318. The highest BCUT2D eigenvalue weighted by Gasteiger charge is 2.14. The van der Waals surface area contributed by atoms with Gasteiger partial charge >= 0.3 is 0 Å². The molecular weight excluding hydrogens is 264 g/mol. The molecule has 0 bridgehead atoms. The van der Waals surface area contributed by atoms with Gasteiger partial charge in [-0.15, -0.1) is 11.3 Å². The summed E-state index contributed by atoms with van der Waals surface area (Å²) in [5.74, 6) is 0. The van der Waals surface area contributed by atoms with Crippen LogP contribution in [-0.2, 0) is 12.8 Å². The van der Waals surface area contributed by atoms with E-state index in [0.717, 1.165) is 37.2 Å². The third kappa shape index (κ3) is 4.15. The molecule has 2 aromatic heterocycles. The lowest BCUT2D eigenvalue weighted by Gasteiger charge is -2.17. The van der Waals surface area contributed by atoms with Gasteiger partial charge in [-0.1, -0.05) is 19.9 Å². The number of pyridine rings is 1. The molecule has 0 radical (unpaired) electrons. The first kappa shape index (κ1) is 15.2. The summed E-state index contributed by atoms with van der Waals surface area (Å²) < 4.78 is 0. The van der Waals surface area contributed by atoms with Crippen molar-refractivity contribution >= 4 is 11.3 Å². The van der Waals surface area contributed by atoms with E-state index in [1.54, 1.807) is 0 Å². The Hall–Kier alpha value is -1.19. The SMILES string of the molecule is CCCNC(Cc1ccc(CC)s1)c1cccc(C)n1. The fourth-order valence-electron chi connectivity index (χ4n) is 2.28. The Bertz CT molecular complexity index is 533. The van der Waals surface area contributed by atoms with Gasteiger partial charge in [-0.3, -0.25) is 4.98 Å². The fraction of sp³-hybridized carbons (Fsp3) is 0.471. The maximum absolute atomic E-state index is 4.69. The van der Waals surface area contributed by atoms with Gasteiger partial charge in [-0.05, 0) is 50.6 Å². The summed E-state index contributed by atoms with van der Waals surface area (Å²) in [7, 11) is 0. The molecule has 0 saturated carbocycles. The molecule has 0 saturated heterocycles. The fourth-order valence-corrected chi connectivity index (χ4v) is 3.28.